The van der Waals surface area contributed by atoms with Crippen molar-refractivity contribution in [1.82, 2.24) is 0 Å². The van der Waals surface area contributed by atoms with E-state index in [1.54, 1.807) is 0 Å². The van der Waals surface area contributed by atoms with Crippen LogP contribution in [0.3, 0.4) is 0 Å². The standard InChI is InChI=1S/C11H14O3/c12-7-6-11(8-13)14-9-10-4-2-1-3-5-10/h1-5,7,11,13H,6,8-9H2/t11-/m0/s1. The van der Waals surface area contributed by atoms with Crippen molar-refractivity contribution in [2.75, 3.05) is 6.61 Å². The Balaban J connectivity index is 2.35. The molecular weight excluding hydrogens is 180 g/mol. The molecule has 3 nitrogen and oxygen atoms in total. The molecule has 0 aromatic heterocycles. The molecule has 0 bridgehead atoms. The summed E-state index contributed by atoms with van der Waals surface area (Å²) in [5.74, 6) is 0. The molecule has 0 saturated carbocycles. The number of aliphatic hydroxyl groups excluding tert-OH is 1. The molecule has 0 saturated heterocycles. The lowest BCUT2D eigenvalue weighted by atomic mass is 10.2. The van der Waals surface area contributed by atoms with E-state index >= 15 is 0 Å². The van der Waals surface area contributed by atoms with Crippen LogP contribution in [0, 0.1) is 0 Å². The van der Waals surface area contributed by atoms with Gasteiger partial charge in [0.2, 0.25) is 0 Å². The van der Waals surface area contributed by atoms with Crippen LogP contribution in [-0.2, 0) is 16.1 Å². The van der Waals surface area contributed by atoms with Crippen molar-refractivity contribution in [2.24, 2.45) is 0 Å². The van der Waals surface area contributed by atoms with Crippen LogP contribution in [0.25, 0.3) is 0 Å². The van der Waals surface area contributed by atoms with E-state index in [2.05, 4.69) is 0 Å². The molecule has 0 aliphatic carbocycles. The molecule has 0 heterocycles. The SMILES string of the molecule is O=CC[C@@H](CO)OCc1ccccc1. The third-order valence-corrected chi connectivity index (χ3v) is 1.89. The molecule has 0 spiro atoms. The van der Waals surface area contributed by atoms with Crippen LogP contribution in [0.1, 0.15) is 12.0 Å². The summed E-state index contributed by atoms with van der Waals surface area (Å²) in [6.45, 7) is 0.311. The lowest BCUT2D eigenvalue weighted by molar-refractivity contribution is -0.111. The van der Waals surface area contributed by atoms with Gasteiger partial charge in [-0.3, -0.25) is 0 Å². The first-order valence-electron chi connectivity index (χ1n) is 4.57. The smallest absolute Gasteiger partial charge is 0.122 e. The Bertz CT molecular complexity index is 258. The molecule has 0 amide bonds. The van der Waals surface area contributed by atoms with Gasteiger partial charge in [-0.05, 0) is 5.56 Å². The summed E-state index contributed by atoms with van der Waals surface area (Å²) in [7, 11) is 0. The fraction of sp³-hybridized carbons (Fsp3) is 0.364. The highest BCUT2D eigenvalue weighted by atomic mass is 16.5. The summed E-state index contributed by atoms with van der Waals surface area (Å²) in [6, 6.07) is 9.65. The fourth-order valence-corrected chi connectivity index (χ4v) is 1.09. The summed E-state index contributed by atoms with van der Waals surface area (Å²) >= 11 is 0. The van der Waals surface area contributed by atoms with E-state index in [1.807, 2.05) is 30.3 Å². The van der Waals surface area contributed by atoms with E-state index in [0.717, 1.165) is 11.8 Å². The zero-order chi connectivity index (χ0) is 10.2. The van der Waals surface area contributed by atoms with E-state index in [9.17, 15) is 4.79 Å². The Morgan fingerprint density at radius 3 is 2.64 bits per heavy atom. The molecule has 0 aliphatic heterocycles. The van der Waals surface area contributed by atoms with Crippen LogP contribution < -0.4 is 0 Å². The molecule has 1 rings (SSSR count). The van der Waals surface area contributed by atoms with Crippen LogP contribution >= 0.6 is 0 Å². The van der Waals surface area contributed by atoms with Crippen molar-refractivity contribution in [3.8, 4) is 0 Å². The maximum Gasteiger partial charge on any atom is 0.122 e. The van der Waals surface area contributed by atoms with Crippen molar-refractivity contribution in [3.63, 3.8) is 0 Å². The Morgan fingerprint density at radius 2 is 2.07 bits per heavy atom. The number of ether oxygens (including phenoxy) is 1. The number of aliphatic hydroxyl groups is 1. The Morgan fingerprint density at radius 1 is 1.36 bits per heavy atom. The van der Waals surface area contributed by atoms with Crippen molar-refractivity contribution < 1.29 is 14.6 Å². The Kier molecular flexibility index (Phi) is 4.89. The van der Waals surface area contributed by atoms with Gasteiger partial charge in [0.05, 0.1) is 19.3 Å². The van der Waals surface area contributed by atoms with E-state index < -0.39 is 0 Å². The highest BCUT2D eigenvalue weighted by Crippen LogP contribution is 2.04. The number of hydrogen-bond acceptors (Lipinski definition) is 3. The van der Waals surface area contributed by atoms with Crippen molar-refractivity contribution in [3.05, 3.63) is 35.9 Å². The monoisotopic (exact) mass is 194 g/mol. The van der Waals surface area contributed by atoms with Crippen LogP contribution in [0.15, 0.2) is 30.3 Å². The van der Waals surface area contributed by atoms with Crippen LogP contribution in [0.5, 0.6) is 0 Å². The highest BCUT2D eigenvalue weighted by Gasteiger charge is 2.06. The maximum absolute atomic E-state index is 10.2. The number of rotatable bonds is 6. The largest absolute Gasteiger partial charge is 0.394 e. The Labute approximate surface area is 83.3 Å². The third-order valence-electron chi connectivity index (χ3n) is 1.89. The van der Waals surface area contributed by atoms with Crippen LogP contribution in [0.4, 0.5) is 0 Å². The lowest BCUT2D eigenvalue weighted by Gasteiger charge is -2.12. The lowest BCUT2D eigenvalue weighted by Crippen LogP contribution is -2.17. The van der Waals surface area contributed by atoms with E-state index in [0.29, 0.717) is 6.61 Å². The average Bonchev–Trinajstić information content (AvgIpc) is 2.25. The minimum atomic E-state index is -0.382. The molecule has 0 aliphatic rings. The number of hydrogen-bond donors (Lipinski definition) is 1. The summed E-state index contributed by atoms with van der Waals surface area (Å²) in [5, 5.41) is 8.85. The molecule has 0 unspecified atom stereocenters. The fourth-order valence-electron chi connectivity index (χ4n) is 1.09. The van der Waals surface area contributed by atoms with Gasteiger partial charge >= 0.3 is 0 Å². The molecule has 0 radical (unpaired) electrons. The quantitative estimate of drug-likeness (QED) is 0.691. The summed E-state index contributed by atoms with van der Waals surface area (Å²) in [4.78, 5) is 10.2. The first-order valence-corrected chi connectivity index (χ1v) is 4.57. The van der Waals surface area contributed by atoms with Gasteiger partial charge in [-0.2, -0.15) is 0 Å². The Hall–Kier alpha value is -1.19. The molecule has 76 valence electrons. The second-order valence-corrected chi connectivity index (χ2v) is 3.00. The number of benzene rings is 1. The van der Waals surface area contributed by atoms with E-state index in [4.69, 9.17) is 9.84 Å². The summed E-state index contributed by atoms with van der Waals surface area (Å²) < 4.78 is 5.34. The first-order chi connectivity index (χ1) is 6.86. The van der Waals surface area contributed by atoms with Crippen molar-refractivity contribution in [1.29, 1.82) is 0 Å². The zero-order valence-corrected chi connectivity index (χ0v) is 7.93. The molecule has 1 N–H and O–H groups in total. The van der Waals surface area contributed by atoms with Crippen molar-refractivity contribution in [2.45, 2.75) is 19.1 Å². The van der Waals surface area contributed by atoms with Gasteiger partial charge in [0.1, 0.15) is 6.29 Å². The molecule has 1 aromatic carbocycles. The van der Waals surface area contributed by atoms with Crippen molar-refractivity contribution >= 4 is 6.29 Å². The number of aldehydes is 1. The predicted octanol–water partition coefficient (Wildman–Crippen LogP) is 1.15. The summed E-state index contributed by atoms with van der Waals surface area (Å²) in [6.07, 6.45) is 0.613. The zero-order valence-electron chi connectivity index (χ0n) is 7.93. The third kappa shape index (κ3) is 3.68. The second-order valence-electron chi connectivity index (χ2n) is 3.00. The van der Waals surface area contributed by atoms with Gasteiger partial charge in [0.15, 0.2) is 0 Å². The molecule has 1 atom stereocenters. The summed E-state index contributed by atoms with van der Waals surface area (Å²) in [5.41, 5.74) is 1.04. The minimum Gasteiger partial charge on any atom is -0.394 e. The van der Waals surface area contributed by atoms with Crippen LogP contribution in [-0.4, -0.2) is 24.1 Å². The topological polar surface area (TPSA) is 46.5 Å². The molecule has 0 fully saturated rings. The molecular formula is C11H14O3. The normalized spacial score (nSPS) is 12.4. The molecule has 1 aromatic rings. The second kappa shape index (κ2) is 6.29. The van der Waals surface area contributed by atoms with Gasteiger partial charge in [-0.25, -0.2) is 0 Å². The maximum atomic E-state index is 10.2. The average molecular weight is 194 g/mol. The van der Waals surface area contributed by atoms with E-state index in [1.165, 1.54) is 0 Å². The first kappa shape index (κ1) is 10.9. The highest BCUT2D eigenvalue weighted by molar-refractivity contribution is 5.50. The number of carbonyl (C=O) groups excluding carboxylic acids is 1. The van der Waals surface area contributed by atoms with Gasteiger partial charge in [-0.15, -0.1) is 0 Å². The van der Waals surface area contributed by atoms with E-state index in [-0.39, 0.29) is 19.1 Å². The minimum absolute atomic E-state index is 0.119. The van der Waals surface area contributed by atoms with Gasteiger partial charge in [0.25, 0.3) is 0 Å². The van der Waals surface area contributed by atoms with Gasteiger partial charge in [0, 0.05) is 6.42 Å². The van der Waals surface area contributed by atoms with Gasteiger partial charge < -0.3 is 14.6 Å². The molecule has 3 heteroatoms. The molecule has 14 heavy (non-hydrogen) atoms. The number of carbonyl (C=O) groups is 1. The van der Waals surface area contributed by atoms with Crippen LogP contribution in [0.2, 0.25) is 0 Å². The van der Waals surface area contributed by atoms with Gasteiger partial charge in [-0.1, -0.05) is 30.3 Å². The predicted molar refractivity (Wildman–Crippen MR) is 52.8 cm³/mol.